The van der Waals surface area contributed by atoms with Crippen molar-refractivity contribution in [2.45, 2.75) is 19.8 Å². The van der Waals surface area contributed by atoms with Crippen molar-refractivity contribution < 1.29 is 0 Å². The Balaban J connectivity index is 2.58. The molecule has 1 heterocycles. The van der Waals surface area contributed by atoms with Crippen LogP contribution in [0.4, 0.5) is 5.95 Å². The van der Waals surface area contributed by atoms with Crippen LogP contribution < -0.4 is 5.73 Å². The fourth-order valence-corrected chi connectivity index (χ4v) is 1.54. The van der Waals surface area contributed by atoms with Gasteiger partial charge in [-0.3, -0.25) is 0 Å². The normalized spacial score (nSPS) is 10.7. The van der Waals surface area contributed by atoms with Crippen molar-refractivity contribution in [2.24, 2.45) is 0 Å². The third-order valence-electron chi connectivity index (χ3n) is 2.32. The second kappa shape index (κ2) is 4.26. The quantitative estimate of drug-likeness (QED) is 0.832. The van der Waals surface area contributed by atoms with Crippen LogP contribution in [0, 0.1) is 0 Å². The fourth-order valence-electron chi connectivity index (χ4n) is 1.54. The third kappa shape index (κ3) is 2.00. The first-order valence-corrected chi connectivity index (χ1v) is 5.24. The molecule has 1 aromatic heterocycles. The predicted molar refractivity (Wildman–Crippen MR) is 63.8 cm³/mol. The van der Waals surface area contributed by atoms with Gasteiger partial charge in [-0.15, -0.1) is 10.2 Å². The van der Waals surface area contributed by atoms with E-state index in [-0.39, 0.29) is 11.9 Å². The molecular formula is C12H14N4. The molecular weight excluding hydrogens is 200 g/mol. The molecule has 0 atom stereocenters. The largest absolute Gasteiger partial charge is 0.366 e. The Morgan fingerprint density at radius 1 is 1.06 bits per heavy atom. The molecule has 0 saturated carbocycles. The summed E-state index contributed by atoms with van der Waals surface area (Å²) in [5.41, 5.74) is 8.30. The Morgan fingerprint density at radius 2 is 1.75 bits per heavy atom. The van der Waals surface area contributed by atoms with Gasteiger partial charge in [-0.1, -0.05) is 44.2 Å². The van der Waals surface area contributed by atoms with Gasteiger partial charge in [0.2, 0.25) is 5.95 Å². The van der Waals surface area contributed by atoms with Crippen LogP contribution in [0.15, 0.2) is 30.3 Å². The van der Waals surface area contributed by atoms with Gasteiger partial charge in [-0.25, -0.2) is 4.98 Å². The number of hydrogen-bond acceptors (Lipinski definition) is 4. The van der Waals surface area contributed by atoms with Crippen molar-refractivity contribution in [3.05, 3.63) is 36.0 Å². The van der Waals surface area contributed by atoms with Crippen LogP contribution >= 0.6 is 0 Å². The lowest BCUT2D eigenvalue weighted by molar-refractivity contribution is 0.776. The minimum Gasteiger partial charge on any atom is -0.366 e. The zero-order chi connectivity index (χ0) is 11.5. The van der Waals surface area contributed by atoms with Crippen LogP contribution in [0.25, 0.3) is 11.3 Å². The molecule has 0 aliphatic rings. The van der Waals surface area contributed by atoms with Crippen molar-refractivity contribution in [1.29, 1.82) is 0 Å². The lowest BCUT2D eigenvalue weighted by Crippen LogP contribution is -2.06. The molecule has 0 spiro atoms. The maximum absolute atomic E-state index is 5.58. The van der Waals surface area contributed by atoms with Gasteiger partial charge in [-0.05, 0) is 5.92 Å². The highest BCUT2D eigenvalue weighted by molar-refractivity contribution is 5.62. The average Bonchev–Trinajstić information content (AvgIpc) is 2.29. The van der Waals surface area contributed by atoms with Crippen LogP contribution in [-0.2, 0) is 0 Å². The zero-order valence-electron chi connectivity index (χ0n) is 9.38. The molecule has 0 fully saturated rings. The molecule has 1 aromatic carbocycles. The van der Waals surface area contributed by atoms with Crippen molar-refractivity contribution in [2.75, 3.05) is 5.73 Å². The summed E-state index contributed by atoms with van der Waals surface area (Å²) >= 11 is 0. The molecule has 0 aliphatic heterocycles. The fraction of sp³-hybridized carbons (Fsp3) is 0.250. The van der Waals surface area contributed by atoms with Crippen LogP contribution in [0.5, 0.6) is 0 Å². The molecule has 82 valence electrons. The Hall–Kier alpha value is -1.97. The second-order valence-electron chi connectivity index (χ2n) is 3.92. The summed E-state index contributed by atoms with van der Waals surface area (Å²) in [5.74, 6) is 0.485. The van der Waals surface area contributed by atoms with Crippen LogP contribution in [0.1, 0.15) is 25.5 Å². The van der Waals surface area contributed by atoms with Gasteiger partial charge in [0.1, 0.15) is 0 Å². The molecule has 0 saturated heterocycles. The molecule has 2 rings (SSSR count). The van der Waals surface area contributed by atoms with E-state index in [2.05, 4.69) is 29.0 Å². The van der Waals surface area contributed by atoms with Crippen molar-refractivity contribution in [3.8, 4) is 11.3 Å². The highest BCUT2D eigenvalue weighted by atomic mass is 15.2. The molecule has 0 radical (unpaired) electrons. The van der Waals surface area contributed by atoms with Gasteiger partial charge in [0.05, 0.1) is 11.4 Å². The average molecular weight is 214 g/mol. The number of aromatic nitrogens is 3. The maximum Gasteiger partial charge on any atom is 0.240 e. The number of hydrogen-bond donors (Lipinski definition) is 1. The smallest absolute Gasteiger partial charge is 0.240 e. The summed E-state index contributed by atoms with van der Waals surface area (Å²) in [6.45, 7) is 4.13. The lowest BCUT2D eigenvalue weighted by Gasteiger charge is -2.09. The Labute approximate surface area is 94.6 Å². The first-order valence-electron chi connectivity index (χ1n) is 5.24. The number of benzene rings is 1. The number of nitrogens with zero attached hydrogens (tertiary/aromatic N) is 3. The summed E-state index contributed by atoms with van der Waals surface area (Å²) in [4.78, 5) is 4.27. The standard InChI is InChI=1S/C12H14N4/c1-8(2)10-11(14-12(13)16-15-10)9-6-4-3-5-7-9/h3-8H,1-2H3,(H2,13,14,16). The van der Waals surface area contributed by atoms with E-state index in [1.54, 1.807) is 0 Å². The molecule has 0 aliphatic carbocycles. The molecule has 0 amide bonds. The van der Waals surface area contributed by atoms with Crippen LogP contribution in [0.2, 0.25) is 0 Å². The van der Waals surface area contributed by atoms with Crippen molar-refractivity contribution in [3.63, 3.8) is 0 Å². The van der Waals surface area contributed by atoms with Gasteiger partial charge < -0.3 is 5.73 Å². The summed E-state index contributed by atoms with van der Waals surface area (Å²) in [7, 11) is 0. The van der Waals surface area contributed by atoms with Gasteiger partial charge in [0.25, 0.3) is 0 Å². The van der Waals surface area contributed by atoms with E-state index in [9.17, 15) is 0 Å². The maximum atomic E-state index is 5.58. The molecule has 4 nitrogen and oxygen atoms in total. The Bertz CT molecular complexity index is 480. The summed E-state index contributed by atoms with van der Waals surface area (Å²) in [6.07, 6.45) is 0. The molecule has 0 bridgehead atoms. The highest BCUT2D eigenvalue weighted by Gasteiger charge is 2.12. The number of nitrogens with two attached hydrogens (primary N) is 1. The van der Waals surface area contributed by atoms with Gasteiger partial charge in [0, 0.05) is 5.56 Å². The lowest BCUT2D eigenvalue weighted by atomic mass is 10.0. The van der Waals surface area contributed by atoms with Gasteiger partial charge in [0.15, 0.2) is 0 Å². The number of anilines is 1. The number of nitrogen functional groups attached to an aromatic ring is 1. The number of rotatable bonds is 2. The first-order chi connectivity index (χ1) is 7.68. The molecule has 16 heavy (non-hydrogen) atoms. The minimum atomic E-state index is 0.211. The van der Waals surface area contributed by atoms with Gasteiger partial charge in [-0.2, -0.15) is 0 Å². The predicted octanol–water partition coefficient (Wildman–Crippen LogP) is 2.24. The van der Waals surface area contributed by atoms with E-state index in [4.69, 9.17) is 5.73 Å². The zero-order valence-corrected chi connectivity index (χ0v) is 9.38. The monoisotopic (exact) mass is 214 g/mol. The van der Waals surface area contributed by atoms with Crippen molar-refractivity contribution in [1.82, 2.24) is 15.2 Å². The summed E-state index contributed by atoms with van der Waals surface area (Å²) in [5, 5.41) is 7.92. The Morgan fingerprint density at radius 3 is 2.38 bits per heavy atom. The van der Waals surface area contributed by atoms with Crippen molar-refractivity contribution >= 4 is 5.95 Å². The third-order valence-corrected chi connectivity index (χ3v) is 2.32. The van der Waals surface area contributed by atoms with Gasteiger partial charge >= 0.3 is 0 Å². The topological polar surface area (TPSA) is 64.7 Å². The SMILES string of the molecule is CC(C)c1nnc(N)nc1-c1ccccc1. The summed E-state index contributed by atoms with van der Waals surface area (Å²) in [6, 6.07) is 9.90. The molecule has 2 aromatic rings. The van der Waals surface area contributed by atoms with E-state index < -0.39 is 0 Å². The van der Waals surface area contributed by atoms with Crippen LogP contribution in [0.3, 0.4) is 0 Å². The second-order valence-corrected chi connectivity index (χ2v) is 3.92. The highest BCUT2D eigenvalue weighted by Crippen LogP contribution is 2.25. The Kier molecular flexibility index (Phi) is 2.81. The van der Waals surface area contributed by atoms with E-state index in [1.807, 2.05) is 30.3 Å². The first kappa shape index (κ1) is 10.5. The molecule has 0 unspecified atom stereocenters. The van der Waals surface area contributed by atoms with E-state index in [1.165, 1.54) is 0 Å². The minimum absolute atomic E-state index is 0.211. The van der Waals surface area contributed by atoms with E-state index >= 15 is 0 Å². The van der Waals surface area contributed by atoms with E-state index in [0.717, 1.165) is 17.0 Å². The summed E-state index contributed by atoms with van der Waals surface area (Å²) < 4.78 is 0. The van der Waals surface area contributed by atoms with E-state index in [0.29, 0.717) is 0 Å². The van der Waals surface area contributed by atoms with Crippen LogP contribution in [-0.4, -0.2) is 15.2 Å². The molecule has 2 N–H and O–H groups in total. The molecule has 4 heteroatoms.